The topological polar surface area (TPSA) is 3.24 Å². The van der Waals surface area contributed by atoms with Gasteiger partial charge in [0.05, 0.1) is 8.43 Å². The van der Waals surface area contributed by atoms with Crippen LogP contribution >= 0.6 is 0 Å². The highest BCUT2D eigenvalue weighted by atomic mass is 15.1. The van der Waals surface area contributed by atoms with Gasteiger partial charge in [-0.3, -0.25) is 0 Å². The molecule has 7 aromatic rings. The summed E-state index contributed by atoms with van der Waals surface area (Å²) in [5, 5.41) is 2.08. The molecule has 8 rings (SSSR count). The number of hydrogen-bond acceptors (Lipinski definition) is 1. The normalized spacial score (nSPS) is 18.5. The highest BCUT2D eigenvalue weighted by molar-refractivity contribution is 5.99. The summed E-state index contributed by atoms with van der Waals surface area (Å²) < 4.78 is 120. The summed E-state index contributed by atoms with van der Waals surface area (Å²) in [6.45, 7) is -13.3. The maximum atomic E-state index is 9.14. The highest BCUT2D eigenvalue weighted by Crippen LogP contribution is 2.51. The number of fused-ring (bicyclic) bond motifs is 4. The maximum Gasteiger partial charge on any atom is 0.0632 e. The van der Waals surface area contributed by atoms with E-state index in [1.807, 2.05) is 78.9 Å². The van der Waals surface area contributed by atoms with E-state index in [2.05, 4.69) is 47.4 Å². The van der Waals surface area contributed by atoms with Crippen molar-refractivity contribution < 1.29 is 19.2 Å². The van der Waals surface area contributed by atoms with E-state index in [4.69, 9.17) is 19.2 Å². The van der Waals surface area contributed by atoms with Gasteiger partial charge in [-0.2, -0.15) is 0 Å². The number of anilines is 3. The van der Waals surface area contributed by atoms with Crippen LogP contribution in [0.3, 0.4) is 0 Å². The molecular weight excluding hydrogens is 555 g/mol. The Morgan fingerprint density at radius 3 is 1.93 bits per heavy atom. The number of benzene rings is 7. The average Bonchev–Trinajstić information content (AvgIpc) is 3.50. The van der Waals surface area contributed by atoms with Gasteiger partial charge in [0.2, 0.25) is 0 Å². The van der Waals surface area contributed by atoms with Crippen LogP contribution in [0.4, 0.5) is 17.1 Å². The van der Waals surface area contributed by atoms with E-state index in [1.165, 1.54) is 12.1 Å². The first kappa shape index (κ1) is 16.8. The molecule has 0 spiro atoms. The van der Waals surface area contributed by atoms with Crippen LogP contribution in [0.15, 0.2) is 152 Å². The van der Waals surface area contributed by atoms with E-state index in [-0.39, 0.29) is 11.1 Å². The lowest BCUT2D eigenvalue weighted by atomic mass is 9.80. The van der Waals surface area contributed by atoms with E-state index in [9.17, 15) is 0 Å². The van der Waals surface area contributed by atoms with Crippen molar-refractivity contribution in [1.29, 1.82) is 0 Å². The number of hydrogen-bond donors (Lipinski definition) is 0. The predicted molar refractivity (Wildman–Crippen MR) is 197 cm³/mol. The van der Waals surface area contributed by atoms with Crippen molar-refractivity contribution in [3.63, 3.8) is 0 Å². The Hall–Kier alpha value is -5.40. The van der Waals surface area contributed by atoms with Crippen LogP contribution in [0.25, 0.3) is 44.2 Å². The van der Waals surface area contributed by atoms with Crippen molar-refractivity contribution >= 4 is 27.8 Å². The molecule has 1 aliphatic rings. The molecule has 0 heterocycles. The monoisotopic (exact) mass is 605 g/mol. The number of nitrogens with zero attached hydrogens (tertiary/aromatic N) is 1. The molecule has 0 saturated carbocycles. The molecule has 1 nitrogen and oxygen atoms in total. The molecule has 46 heavy (non-hydrogen) atoms. The molecule has 222 valence electrons. The van der Waals surface area contributed by atoms with Crippen molar-refractivity contribution in [2.75, 3.05) is 4.90 Å². The molecule has 1 heteroatoms. The van der Waals surface area contributed by atoms with Gasteiger partial charge in [-0.1, -0.05) is 134 Å². The molecule has 0 fully saturated rings. The molecule has 0 amide bonds. The molecule has 0 N–H and O–H groups in total. The molecule has 0 atom stereocenters. The van der Waals surface area contributed by atoms with Crippen molar-refractivity contribution in [3.05, 3.63) is 174 Å². The summed E-state index contributed by atoms with van der Waals surface area (Å²) in [7, 11) is 0. The van der Waals surface area contributed by atoms with Crippen LogP contribution in [0.2, 0.25) is 0 Å². The Labute approximate surface area is 292 Å². The lowest BCUT2D eigenvalue weighted by molar-refractivity contribution is 0.655. The third-order valence-corrected chi connectivity index (χ3v) is 8.77. The second-order valence-electron chi connectivity index (χ2n) is 11.6. The van der Waals surface area contributed by atoms with Crippen LogP contribution in [0.5, 0.6) is 0 Å². The lowest BCUT2D eigenvalue weighted by Crippen LogP contribution is -2.16. The van der Waals surface area contributed by atoms with Crippen LogP contribution in [-0.2, 0) is 5.41 Å². The van der Waals surface area contributed by atoms with E-state index in [0.717, 1.165) is 39.0 Å². The standard InChI is InChI=1S/C45H37N/c1-30-27-31(2)44-41(28-30)40-29-36(21-26-42(40)45(44,3)4)34-19-24-38(25-20-34)46(43-16-10-14-35-13-8-9-15-39(35)43)37-22-17-33(18-23-37)32-11-6-5-7-12-32/h5-29H,1-4H3/i1D3,2D3,3D3,4D3,27D,28D. The summed E-state index contributed by atoms with van der Waals surface area (Å²) in [4.78, 5) is 2.14. The summed E-state index contributed by atoms with van der Waals surface area (Å²) in [5.74, 6) is 0. The minimum Gasteiger partial charge on any atom is -0.310 e. The Balaban J connectivity index is 1.32. The second-order valence-corrected chi connectivity index (χ2v) is 11.6. The fourth-order valence-corrected chi connectivity index (χ4v) is 6.57. The van der Waals surface area contributed by atoms with Crippen LogP contribution in [0.1, 0.15) is 55.1 Å². The molecule has 0 radical (unpaired) electrons. The third-order valence-electron chi connectivity index (χ3n) is 8.77. The summed E-state index contributed by atoms with van der Waals surface area (Å²) in [6.07, 6.45) is 0. The van der Waals surface area contributed by atoms with Gasteiger partial charge in [-0.15, -0.1) is 0 Å². The smallest absolute Gasteiger partial charge is 0.0632 e. The first-order valence-corrected chi connectivity index (χ1v) is 15.0. The van der Waals surface area contributed by atoms with Gasteiger partial charge in [-0.05, 0) is 106 Å². The summed E-state index contributed by atoms with van der Waals surface area (Å²) >= 11 is 0. The Morgan fingerprint density at radius 2 is 1.22 bits per heavy atom. The zero-order chi connectivity index (χ0) is 43.2. The van der Waals surface area contributed by atoms with Crippen LogP contribution < -0.4 is 4.90 Å². The summed E-state index contributed by atoms with van der Waals surface area (Å²) in [6, 6.07) is 42.5. The first-order chi connectivity index (χ1) is 28.2. The van der Waals surface area contributed by atoms with Gasteiger partial charge < -0.3 is 4.90 Å². The van der Waals surface area contributed by atoms with E-state index in [1.54, 1.807) is 6.07 Å². The minimum atomic E-state index is -3.42. The Kier molecular flexibility index (Phi) is 3.97. The van der Waals surface area contributed by atoms with Gasteiger partial charge in [0.15, 0.2) is 0 Å². The molecule has 1 aliphatic carbocycles. The van der Waals surface area contributed by atoms with Gasteiger partial charge in [0, 0.05) is 38.6 Å². The molecule has 0 aliphatic heterocycles. The second kappa shape index (κ2) is 10.9. The maximum absolute atomic E-state index is 9.14. The van der Waals surface area contributed by atoms with Gasteiger partial charge >= 0.3 is 0 Å². The quantitative estimate of drug-likeness (QED) is 0.189. The van der Waals surface area contributed by atoms with Gasteiger partial charge in [-0.25, -0.2) is 0 Å². The molecule has 7 aromatic carbocycles. The first-order valence-electron chi connectivity index (χ1n) is 22.0. The van der Waals surface area contributed by atoms with E-state index < -0.39 is 67.2 Å². The van der Waals surface area contributed by atoms with Crippen molar-refractivity contribution in [2.24, 2.45) is 0 Å². The van der Waals surface area contributed by atoms with Crippen molar-refractivity contribution in [2.45, 2.75) is 32.8 Å². The lowest BCUT2D eigenvalue weighted by Gasteiger charge is -2.27. The predicted octanol–water partition coefficient (Wildman–Crippen LogP) is 12.6. The average molecular weight is 606 g/mol. The fraction of sp³-hybridized carbons (Fsp3) is 0.111. The van der Waals surface area contributed by atoms with Crippen LogP contribution in [0, 0.1) is 13.7 Å². The molecular formula is C45H37N. The van der Waals surface area contributed by atoms with Gasteiger partial charge in [0.1, 0.15) is 0 Å². The number of rotatable bonds is 5. The molecule has 0 aromatic heterocycles. The minimum absolute atomic E-state index is 0.0873. The Morgan fingerprint density at radius 1 is 0.565 bits per heavy atom. The Bertz CT molecular complexity index is 2740. The largest absolute Gasteiger partial charge is 0.310 e. The van der Waals surface area contributed by atoms with Crippen LogP contribution in [-0.4, -0.2) is 0 Å². The SMILES string of the molecule is [2H]c1c2c(c(C([2H])([2H])[2H])c([2H])c1C([2H])([2H])[2H])C(C([2H])([2H])[2H])(C([2H])([2H])[2H])c1ccc(-c3ccc(N(c4ccc(-c5ccccc5)cc4)c4cccc5ccccc45)cc3)cc1-2. The molecule has 0 unspecified atom stereocenters. The zero-order valence-electron chi connectivity index (χ0n) is 38.7. The third kappa shape index (κ3) is 4.63. The highest BCUT2D eigenvalue weighted by Gasteiger charge is 2.36. The fourth-order valence-electron chi connectivity index (χ4n) is 6.57. The molecule has 0 bridgehead atoms. The zero-order valence-corrected chi connectivity index (χ0v) is 24.7. The van der Waals surface area contributed by atoms with Crippen molar-refractivity contribution in [1.82, 2.24) is 0 Å². The summed E-state index contributed by atoms with van der Waals surface area (Å²) in [5.41, 5.74) is -0.590. The van der Waals surface area contributed by atoms with E-state index in [0.29, 0.717) is 11.1 Å². The molecule has 0 saturated heterocycles. The van der Waals surface area contributed by atoms with E-state index >= 15 is 0 Å². The van der Waals surface area contributed by atoms with Gasteiger partial charge in [0.25, 0.3) is 0 Å². The van der Waals surface area contributed by atoms with Crippen molar-refractivity contribution in [3.8, 4) is 33.4 Å².